The SMILES string of the molecule is NC1CCC(Oc2cc(N3CCOCC3)cc3ncncc23)CC1.O=C1c2ccccc2C(=O)N1C1CCC(Oc2cc(N3CCOCC3)cc3ncncc23)CC1.[HH]. The third kappa shape index (κ3) is 8.13. The molecule has 0 spiro atoms. The van der Waals surface area contributed by atoms with E-state index in [0.717, 1.165) is 135 Å². The lowest BCUT2D eigenvalue weighted by molar-refractivity contribution is 0.0479. The Morgan fingerprint density at radius 1 is 0.621 bits per heavy atom. The Morgan fingerprint density at radius 3 is 1.53 bits per heavy atom. The van der Waals surface area contributed by atoms with E-state index in [1.54, 1.807) is 43.1 Å². The van der Waals surface area contributed by atoms with Gasteiger partial charge in [0, 0.05) is 75.6 Å². The number of aromatic nitrogens is 4. The van der Waals surface area contributed by atoms with Gasteiger partial charge in [-0.2, -0.15) is 0 Å². The lowest BCUT2D eigenvalue weighted by Gasteiger charge is -2.34. The van der Waals surface area contributed by atoms with Crippen molar-refractivity contribution in [3.63, 3.8) is 0 Å². The molecule has 0 unspecified atom stereocenters. The van der Waals surface area contributed by atoms with E-state index in [2.05, 4.69) is 54.0 Å². The molecule has 304 valence electrons. The first kappa shape index (κ1) is 38.1. The summed E-state index contributed by atoms with van der Waals surface area (Å²) in [5, 5.41) is 1.87. The monoisotopic (exact) mass is 788 g/mol. The Kier molecular flexibility index (Phi) is 11.3. The van der Waals surface area contributed by atoms with Crippen molar-refractivity contribution in [1.29, 1.82) is 0 Å². The number of fused-ring (bicyclic) bond motifs is 3. The number of imide groups is 1. The van der Waals surface area contributed by atoms with Gasteiger partial charge in [0.25, 0.3) is 11.8 Å². The first-order chi connectivity index (χ1) is 28.5. The molecule has 2 aromatic heterocycles. The molecule has 58 heavy (non-hydrogen) atoms. The normalized spacial score (nSPS) is 23.7. The molecule has 2 N–H and O–H groups in total. The summed E-state index contributed by atoms with van der Waals surface area (Å²) in [6.07, 6.45) is 14.1. The molecule has 2 aliphatic carbocycles. The van der Waals surface area contributed by atoms with Crippen molar-refractivity contribution < 1.29 is 30.0 Å². The summed E-state index contributed by atoms with van der Waals surface area (Å²) < 4.78 is 23.8. The standard InChI is InChI=1S/C26H26N4O4.C18H24N4O2.H2/c31-25-20-3-1-2-4-21(20)26(32)30(25)17-5-7-19(8-6-17)34-24-14-18(29-9-11-33-12-10-29)13-23-22(24)15-27-16-28-23;19-13-1-3-15(4-2-13)24-18-10-14(22-5-7-23-8-6-22)9-17-16(18)11-20-12-21-17;/h1-4,13-17,19H,5-12H2;9-13,15H,1-8,19H2;1H. The highest BCUT2D eigenvalue weighted by molar-refractivity contribution is 6.21. The number of hydrogen-bond donors (Lipinski definition) is 1. The van der Waals surface area contributed by atoms with Gasteiger partial charge in [0.2, 0.25) is 0 Å². The van der Waals surface area contributed by atoms with E-state index in [9.17, 15) is 9.59 Å². The average Bonchev–Trinajstić information content (AvgIpc) is 3.54. The third-order valence-electron chi connectivity index (χ3n) is 12.0. The maximum atomic E-state index is 12.9. The maximum Gasteiger partial charge on any atom is 0.261 e. The average molecular weight is 789 g/mol. The van der Waals surface area contributed by atoms with Crippen LogP contribution in [0.2, 0.25) is 0 Å². The molecular formula is C44H52N8O6. The van der Waals surface area contributed by atoms with Gasteiger partial charge in [0.15, 0.2) is 0 Å². The van der Waals surface area contributed by atoms with Crippen LogP contribution in [0.15, 0.2) is 73.6 Å². The second kappa shape index (κ2) is 17.2. The van der Waals surface area contributed by atoms with Crippen LogP contribution in [0, 0.1) is 0 Å². The van der Waals surface area contributed by atoms with Crippen LogP contribution in [0.3, 0.4) is 0 Å². The van der Waals surface area contributed by atoms with E-state index >= 15 is 0 Å². The number of amides is 2. The number of ether oxygens (including phenoxy) is 4. The number of morpholine rings is 2. The van der Waals surface area contributed by atoms with E-state index in [1.807, 2.05) is 6.20 Å². The van der Waals surface area contributed by atoms with Crippen LogP contribution < -0.4 is 25.0 Å². The Morgan fingerprint density at radius 2 is 1.07 bits per heavy atom. The van der Waals surface area contributed by atoms with Crippen molar-refractivity contribution in [2.45, 2.75) is 75.7 Å². The third-order valence-corrected chi connectivity index (χ3v) is 12.0. The lowest BCUT2D eigenvalue weighted by Crippen LogP contribution is -2.43. The highest BCUT2D eigenvalue weighted by Gasteiger charge is 2.41. The summed E-state index contributed by atoms with van der Waals surface area (Å²) in [6, 6.07) is 15.7. The van der Waals surface area contributed by atoms with Crippen molar-refractivity contribution in [3.8, 4) is 11.5 Å². The van der Waals surface area contributed by atoms with Crippen molar-refractivity contribution >= 4 is 45.0 Å². The van der Waals surface area contributed by atoms with Gasteiger partial charge in [-0.3, -0.25) is 14.5 Å². The smallest absolute Gasteiger partial charge is 0.261 e. The molecule has 2 saturated heterocycles. The van der Waals surface area contributed by atoms with Gasteiger partial charge in [0.1, 0.15) is 24.2 Å². The van der Waals surface area contributed by atoms with Gasteiger partial charge in [-0.15, -0.1) is 0 Å². The first-order valence-electron chi connectivity index (χ1n) is 20.7. The second-order valence-corrected chi connectivity index (χ2v) is 15.7. The second-order valence-electron chi connectivity index (χ2n) is 15.7. The van der Waals surface area contributed by atoms with Crippen LogP contribution in [0.25, 0.3) is 21.8 Å². The molecule has 14 heteroatoms. The van der Waals surface area contributed by atoms with Gasteiger partial charge < -0.3 is 34.5 Å². The minimum atomic E-state index is -0.175. The van der Waals surface area contributed by atoms with Gasteiger partial charge >= 0.3 is 0 Å². The fourth-order valence-corrected chi connectivity index (χ4v) is 8.81. The van der Waals surface area contributed by atoms with Crippen LogP contribution in [-0.4, -0.2) is 114 Å². The minimum Gasteiger partial charge on any atom is -0.490 e. The fraction of sp³-hybridized carbons (Fsp3) is 0.455. The Labute approximate surface area is 339 Å². The number of nitrogens with two attached hydrogens (primary N) is 1. The summed E-state index contributed by atoms with van der Waals surface area (Å²) in [7, 11) is 0. The molecule has 4 fully saturated rings. The topological polar surface area (TPSA) is 158 Å². The molecule has 3 aliphatic heterocycles. The first-order valence-corrected chi connectivity index (χ1v) is 20.7. The summed E-state index contributed by atoms with van der Waals surface area (Å²) in [6.45, 7) is 6.40. The van der Waals surface area contributed by atoms with Crippen LogP contribution in [-0.2, 0) is 9.47 Å². The molecule has 2 amide bonds. The highest BCUT2D eigenvalue weighted by Crippen LogP contribution is 2.37. The van der Waals surface area contributed by atoms with E-state index in [4.69, 9.17) is 24.7 Å². The van der Waals surface area contributed by atoms with Crippen LogP contribution in [0.4, 0.5) is 11.4 Å². The van der Waals surface area contributed by atoms with Crippen LogP contribution in [0.1, 0.15) is 73.5 Å². The summed E-state index contributed by atoms with van der Waals surface area (Å²) in [4.78, 5) is 49.1. The molecule has 14 nitrogen and oxygen atoms in total. The van der Waals surface area contributed by atoms with Gasteiger partial charge in [0.05, 0.1) is 71.6 Å². The Bertz CT molecular complexity index is 2220. The molecule has 5 heterocycles. The fourth-order valence-electron chi connectivity index (χ4n) is 8.81. The van der Waals surface area contributed by atoms with Crippen molar-refractivity contribution in [2.24, 2.45) is 5.73 Å². The summed E-state index contributed by atoms with van der Waals surface area (Å²) >= 11 is 0. The van der Waals surface area contributed by atoms with E-state index < -0.39 is 0 Å². The van der Waals surface area contributed by atoms with Gasteiger partial charge in [-0.25, -0.2) is 19.9 Å². The Balaban J connectivity index is 0.000000171. The number of carbonyl (C=O) groups excluding carboxylic acids is 2. The minimum absolute atomic E-state index is 0. The molecule has 2 saturated carbocycles. The van der Waals surface area contributed by atoms with E-state index in [1.165, 1.54) is 4.90 Å². The van der Waals surface area contributed by atoms with E-state index in [-0.39, 0.29) is 31.5 Å². The molecule has 0 atom stereocenters. The number of benzene rings is 3. The molecule has 5 aromatic rings. The number of rotatable bonds is 7. The molecule has 5 aliphatic rings. The lowest BCUT2D eigenvalue weighted by atomic mass is 9.91. The van der Waals surface area contributed by atoms with Crippen molar-refractivity contribution in [2.75, 3.05) is 62.4 Å². The van der Waals surface area contributed by atoms with Gasteiger partial charge in [-0.05, 0) is 75.6 Å². The largest absolute Gasteiger partial charge is 0.490 e. The number of anilines is 2. The zero-order valence-electron chi connectivity index (χ0n) is 32.7. The Hall–Kier alpha value is -5.44. The van der Waals surface area contributed by atoms with Gasteiger partial charge in [-0.1, -0.05) is 12.1 Å². The summed E-state index contributed by atoms with van der Waals surface area (Å²) in [5.74, 6) is 1.32. The number of nitrogens with zero attached hydrogens (tertiary/aromatic N) is 7. The molecule has 3 aromatic carbocycles. The van der Waals surface area contributed by atoms with Crippen LogP contribution >= 0.6 is 0 Å². The number of carbonyl (C=O) groups is 2. The predicted molar refractivity (Wildman–Crippen MR) is 222 cm³/mol. The van der Waals surface area contributed by atoms with E-state index in [0.29, 0.717) is 30.4 Å². The number of hydrogen-bond acceptors (Lipinski definition) is 13. The maximum absolute atomic E-state index is 12.9. The molecule has 0 radical (unpaired) electrons. The van der Waals surface area contributed by atoms with Crippen LogP contribution in [0.5, 0.6) is 11.5 Å². The van der Waals surface area contributed by atoms with Crippen molar-refractivity contribution in [1.82, 2.24) is 24.8 Å². The quantitative estimate of drug-likeness (QED) is 0.197. The van der Waals surface area contributed by atoms with Crippen molar-refractivity contribution in [3.05, 3.63) is 84.7 Å². The zero-order chi connectivity index (χ0) is 39.4. The highest BCUT2D eigenvalue weighted by atomic mass is 16.5. The molecule has 10 rings (SSSR count). The summed E-state index contributed by atoms with van der Waals surface area (Å²) in [5.41, 5.74) is 11.0. The molecule has 0 bridgehead atoms. The molecular weight excluding hydrogens is 737 g/mol. The predicted octanol–water partition coefficient (Wildman–Crippen LogP) is 5.81. The zero-order valence-corrected chi connectivity index (χ0v) is 32.7.